The Morgan fingerprint density at radius 1 is 1.13 bits per heavy atom. The van der Waals surface area contributed by atoms with Gasteiger partial charge in [-0.2, -0.15) is 0 Å². The van der Waals surface area contributed by atoms with E-state index < -0.39 is 0 Å². The van der Waals surface area contributed by atoms with Gasteiger partial charge in [0.15, 0.2) is 0 Å². The highest BCUT2D eigenvalue weighted by molar-refractivity contribution is 5.74. The number of carbonyl (C=O) groups excluding carboxylic acids is 1. The van der Waals surface area contributed by atoms with E-state index >= 15 is 0 Å². The third-order valence-corrected chi connectivity index (χ3v) is 1.99. The van der Waals surface area contributed by atoms with E-state index in [0.29, 0.717) is 6.42 Å². The van der Waals surface area contributed by atoms with Crippen molar-refractivity contribution in [3.8, 4) is 0 Å². The second-order valence-corrected chi connectivity index (χ2v) is 3.34. The van der Waals surface area contributed by atoms with Crippen LogP contribution in [0, 0.1) is 0 Å². The molecule has 15 heavy (non-hydrogen) atoms. The second kappa shape index (κ2) is 11.4. The predicted octanol–water partition coefficient (Wildman–Crippen LogP) is 0.590. The molecule has 0 bridgehead atoms. The molecule has 0 aromatic heterocycles. The molecule has 0 saturated carbocycles. The van der Waals surface area contributed by atoms with Gasteiger partial charge in [0.1, 0.15) is 0 Å². The molecule has 0 aromatic carbocycles. The fraction of sp³-hybridized carbons (Fsp3) is 0.900. The third-order valence-electron chi connectivity index (χ3n) is 1.99. The molecule has 0 atom stereocenters. The SMILES string of the molecule is COCCCOCCCCCC(=O)NN. The molecule has 0 aliphatic carbocycles. The first kappa shape index (κ1) is 14.3. The largest absolute Gasteiger partial charge is 0.385 e. The van der Waals surface area contributed by atoms with Crippen LogP contribution >= 0.6 is 0 Å². The summed E-state index contributed by atoms with van der Waals surface area (Å²) in [5.41, 5.74) is 2.11. The highest BCUT2D eigenvalue weighted by atomic mass is 16.5. The summed E-state index contributed by atoms with van der Waals surface area (Å²) in [6.45, 7) is 2.25. The minimum Gasteiger partial charge on any atom is -0.385 e. The number of hydrogen-bond donors (Lipinski definition) is 2. The average Bonchev–Trinajstić information content (AvgIpc) is 2.26. The first-order valence-electron chi connectivity index (χ1n) is 5.37. The van der Waals surface area contributed by atoms with Crippen molar-refractivity contribution in [2.24, 2.45) is 5.84 Å². The van der Waals surface area contributed by atoms with Crippen LogP contribution < -0.4 is 11.3 Å². The monoisotopic (exact) mass is 218 g/mol. The molecule has 0 radical (unpaired) electrons. The van der Waals surface area contributed by atoms with Crippen LogP contribution in [0.15, 0.2) is 0 Å². The zero-order chi connectivity index (χ0) is 11.4. The molecule has 5 heteroatoms. The average molecular weight is 218 g/mol. The standard InChI is InChI=1S/C10H22N2O3/c1-14-7-5-9-15-8-4-2-3-6-10(13)12-11/h2-9,11H2,1H3,(H,12,13). The lowest BCUT2D eigenvalue weighted by molar-refractivity contribution is -0.121. The molecular weight excluding hydrogens is 196 g/mol. The molecule has 0 fully saturated rings. The number of hydrogen-bond acceptors (Lipinski definition) is 4. The van der Waals surface area contributed by atoms with Crippen molar-refractivity contribution in [2.45, 2.75) is 32.1 Å². The molecule has 0 aliphatic rings. The minimum absolute atomic E-state index is 0.101. The number of nitrogens with one attached hydrogen (secondary N) is 1. The van der Waals surface area contributed by atoms with E-state index in [9.17, 15) is 4.79 Å². The Hall–Kier alpha value is -0.650. The number of ether oxygens (including phenoxy) is 2. The summed E-state index contributed by atoms with van der Waals surface area (Å²) in [6, 6.07) is 0. The fourth-order valence-corrected chi connectivity index (χ4v) is 1.15. The summed E-state index contributed by atoms with van der Waals surface area (Å²) in [6.07, 6.45) is 4.29. The Balaban J connectivity index is 2.95. The van der Waals surface area contributed by atoms with Gasteiger partial charge in [-0.1, -0.05) is 6.42 Å². The lowest BCUT2D eigenvalue weighted by atomic mass is 10.2. The Morgan fingerprint density at radius 2 is 1.87 bits per heavy atom. The van der Waals surface area contributed by atoms with Crippen molar-refractivity contribution in [3.05, 3.63) is 0 Å². The van der Waals surface area contributed by atoms with Crippen molar-refractivity contribution < 1.29 is 14.3 Å². The summed E-state index contributed by atoms with van der Waals surface area (Å²) in [5.74, 6) is 4.84. The Bertz CT molecular complexity index is 154. The fourth-order valence-electron chi connectivity index (χ4n) is 1.15. The third kappa shape index (κ3) is 11.3. The number of carbonyl (C=O) groups is 1. The zero-order valence-electron chi connectivity index (χ0n) is 9.46. The van der Waals surface area contributed by atoms with Crippen LogP contribution in [0.1, 0.15) is 32.1 Å². The smallest absolute Gasteiger partial charge is 0.233 e. The number of hydrazine groups is 1. The molecule has 5 nitrogen and oxygen atoms in total. The van der Waals surface area contributed by atoms with Crippen LogP contribution in [0.3, 0.4) is 0 Å². The summed E-state index contributed by atoms with van der Waals surface area (Å²) in [4.78, 5) is 10.7. The molecule has 0 saturated heterocycles. The van der Waals surface area contributed by atoms with Crippen LogP contribution in [-0.2, 0) is 14.3 Å². The molecule has 0 rings (SSSR count). The zero-order valence-corrected chi connectivity index (χ0v) is 9.46. The molecule has 0 heterocycles. The lowest BCUT2D eigenvalue weighted by Gasteiger charge is -2.03. The van der Waals surface area contributed by atoms with Crippen molar-refractivity contribution in [2.75, 3.05) is 26.9 Å². The second-order valence-electron chi connectivity index (χ2n) is 3.34. The van der Waals surface area contributed by atoms with Crippen molar-refractivity contribution in [1.82, 2.24) is 5.43 Å². The Labute approximate surface area is 91.3 Å². The molecule has 0 spiro atoms. The number of amides is 1. The van der Waals surface area contributed by atoms with Crippen LogP contribution in [0.2, 0.25) is 0 Å². The van der Waals surface area contributed by atoms with Gasteiger partial charge in [0.05, 0.1) is 0 Å². The van der Waals surface area contributed by atoms with Crippen LogP contribution in [0.25, 0.3) is 0 Å². The van der Waals surface area contributed by atoms with Gasteiger partial charge < -0.3 is 9.47 Å². The summed E-state index contributed by atoms with van der Waals surface area (Å²) in [7, 11) is 1.68. The Morgan fingerprint density at radius 3 is 2.53 bits per heavy atom. The highest BCUT2D eigenvalue weighted by Gasteiger charge is 1.97. The van der Waals surface area contributed by atoms with Crippen LogP contribution in [-0.4, -0.2) is 32.8 Å². The van der Waals surface area contributed by atoms with E-state index in [1.54, 1.807) is 7.11 Å². The van der Waals surface area contributed by atoms with Crippen molar-refractivity contribution in [3.63, 3.8) is 0 Å². The maximum Gasteiger partial charge on any atom is 0.233 e. The maximum atomic E-state index is 10.7. The van der Waals surface area contributed by atoms with Gasteiger partial charge in [0, 0.05) is 33.4 Å². The lowest BCUT2D eigenvalue weighted by Crippen LogP contribution is -2.29. The molecule has 0 unspecified atom stereocenters. The van der Waals surface area contributed by atoms with Crippen LogP contribution in [0.4, 0.5) is 0 Å². The van der Waals surface area contributed by atoms with E-state index in [1.165, 1.54) is 0 Å². The van der Waals surface area contributed by atoms with E-state index in [2.05, 4.69) is 5.43 Å². The normalized spacial score (nSPS) is 10.3. The van der Waals surface area contributed by atoms with E-state index in [-0.39, 0.29) is 5.91 Å². The Kier molecular flexibility index (Phi) is 10.9. The highest BCUT2D eigenvalue weighted by Crippen LogP contribution is 2.00. The van der Waals surface area contributed by atoms with Crippen molar-refractivity contribution in [1.29, 1.82) is 0 Å². The molecule has 90 valence electrons. The predicted molar refractivity (Wildman–Crippen MR) is 58.1 cm³/mol. The first-order valence-corrected chi connectivity index (χ1v) is 5.37. The molecule has 0 aliphatic heterocycles. The topological polar surface area (TPSA) is 73.6 Å². The van der Waals surface area contributed by atoms with Gasteiger partial charge >= 0.3 is 0 Å². The van der Waals surface area contributed by atoms with Gasteiger partial charge in [-0.25, -0.2) is 5.84 Å². The number of rotatable bonds is 10. The van der Waals surface area contributed by atoms with Crippen LogP contribution in [0.5, 0.6) is 0 Å². The number of nitrogens with two attached hydrogens (primary N) is 1. The van der Waals surface area contributed by atoms with Gasteiger partial charge in [0.25, 0.3) is 0 Å². The molecular formula is C10H22N2O3. The molecule has 0 aromatic rings. The summed E-state index contributed by atoms with van der Waals surface area (Å²) < 4.78 is 10.3. The maximum absolute atomic E-state index is 10.7. The van der Waals surface area contributed by atoms with Gasteiger partial charge in [-0.15, -0.1) is 0 Å². The summed E-state index contributed by atoms with van der Waals surface area (Å²) >= 11 is 0. The van der Waals surface area contributed by atoms with E-state index in [1.807, 2.05) is 0 Å². The van der Waals surface area contributed by atoms with Gasteiger partial charge in [-0.05, 0) is 19.3 Å². The van der Waals surface area contributed by atoms with E-state index in [0.717, 1.165) is 45.5 Å². The van der Waals surface area contributed by atoms with E-state index in [4.69, 9.17) is 15.3 Å². The summed E-state index contributed by atoms with van der Waals surface area (Å²) in [5, 5.41) is 0. The molecule has 1 amide bonds. The van der Waals surface area contributed by atoms with Gasteiger partial charge in [-0.3, -0.25) is 10.2 Å². The first-order chi connectivity index (χ1) is 7.31. The number of methoxy groups -OCH3 is 1. The quantitative estimate of drug-likeness (QED) is 0.243. The van der Waals surface area contributed by atoms with Gasteiger partial charge in [0.2, 0.25) is 5.91 Å². The number of unbranched alkanes of at least 4 members (excludes halogenated alkanes) is 2. The van der Waals surface area contributed by atoms with Crippen molar-refractivity contribution >= 4 is 5.91 Å². The molecule has 3 N–H and O–H groups in total. The minimum atomic E-state index is -0.101.